The summed E-state index contributed by atoms with van der Waals surface area (Å²) in [4.78, 5) is 20.0. The maximum atomic E-state index is 13.9. The molecule has 0 aliphatic carbocycles. The number of rotatable bonds is 6. The average Bonchev–Trinajstić information content (AvgIpc) is 2.79. The van der Waals surface area contributed by atoms with Crippen LogP contribution in [-0.2, 0) is 30.5 Å². The van der Waals surface area contributed by atoms with Crippen LogP contribution in [0.1, 0.15) is 36.4 Å². The highest BCUT2D eigenvalue weighted by molar-refractivity contribution is 8.03. The smallest absolute Gasteiger partial charge is 0.433 e. The molecule has 0 saturated carbocycles. The van der Waals surface area contributed by atoms with Crippen molar-refractivity contribution >= 4 is 17.7 Å². The molecular formula is C25H25F4N3O2S. The van der Waals surface area contributed by atoms with Gasteiger partial charge in [-0.05, 0) is 53.7 Å². The second kappa shape index (κ2) is 10.0. The van der Waals surface area contributed by atoms with Gasteiger partial charge in [-0.1, -0.05) is 25.1 Å². The maximum absolute atomic E-state index is 13.9. The number of fused-ring (bicyclic) bond motifs is 1. The number of halogens is 4. The normalized spacial score (nSPS) is 19.0. The van der Waals surface area contributed by atoms with E-state index in [1.807, 2.05) is 17.9 Å². The third-order valence-corrected chi connectivity index (χ3v) is 7.07. The molecule has 4 rings (SSSR count). The van der Waals surface area contributed by atoms with Crippen molar-refractivity contribution in [2.45, 2.75) is 45.7 Å². The number of carboxylic acid groups (broad SMARTS) is 1. The van der Waals surface area contributed by atoms with Gasteiger partial charge in [-0.25, -0.2) is 14.2 Å². The molecule has 0 saturated heterocycles. The van der Waals surface area contributed by atoms with Gasteiger partial charge in [0.15, 0.2) is 0 Å². The molecule has 0 spiro atoms. The maximum Gasteiger partial charge on any atom is 0.433 e. The van der Waals surface area contributed by atoms with Crippen LogP contribution in [0, 0.1) is 5.82 Å². The van der Waals surface area contributed by atoms with Crippen LogP contribution < -0.4 is 0 Å². The lowest BCUT2D eigenvalue weighted by atomic mass is 9.99. The number of alkyl halides is 3. The van der Waals surface area contributed by atoms with Crippen LogP contribution in [0.5, 0.6) is 0 Å². The second-order valence-electron chi connectivity index (χ2n) is 8.46. The van der Waals surface area contributed by atoms with Gasteiger partial charge < -0.3 is 10.0 Å². The topological polar surface area (TPSA) is 56.7 Å². The summed E-state index contributed by atoms with van der Waals surface area (Å²) < 4.78 is 53.2. The van der Waals surface area contributed by atoms with E-state index in [2.05, 4.69) is 9.88 Å². The number of aliphatic carboxylic acids is 1. The minimum atomic E-state index is -4.50. The van der Waals surface area contributed by atoms with Gasteiger partial charge in [0.25, 0.3) is 0 Å². The Kier molecular flexibility index (Phi) is 7.23. The molecule has 0 radical (unpaired) electrons. The fraction of sp³-hybridized carbons (Fsp3) is 0.360. The Labute approximate surface area is 205 Å². The average molecular weight is 508 g/mol. The Hall–Kier alpha value is -2.85. The molecule has 0 fully saturated rings. The Morgan fingerprint density at radius 2 is 2.03 bits per heavy atom. The Balaban J connectivity index is 1.71. The molecule has 2 aliphatic rings. The summed E-state index contributed by atoms with van der Waals surface area (Å²) in [6.07, 6.45) is -2.65. The lowest BCUT2D eigenvalue weighted by Gasteiger charge is -2.45. The molecule has 1 aromatic heterocycles. The van der Waals surface area contributed by atoms with Gasteiger partial charge in [0, 0.05) is 31.7 Å². The van der Waals surface area contributed by atoms with E-state index >= 15 is 0 Å². The lowest BCUT2D eigenvalue weighted by molar-refractivity contribution is -0.141. The van der Waals surface area contributed by atoms with E-state index in [0.29, 0.717) is 52.7 Å². The predicted octanol–water partition coefficient (Wildman–Crippen LogP) is 5.44. The van der Waals surface area contributed by atoms with Crippen molar-refractivity contribution in [2.75, 3.05) is 12.3 Å². The number of pyridine rings is 1. The molecule has 35 heavy (non-hydrogen) atoms. The second-order valence-corrected chi connectivity index (χ2v) is 9.71. The Morgan fingerprint density at radius 3 is 2.69 bits per heavy atom. The van der Waals surface area contributed by atoms with Crippen LogP contribution in [-0.4, -0.2) is 44.3 Å². The number of hydrogen-bond acceptors (Lipinski definition) is 5. The monoisotopic (exact) mass is 507 g/mol. The highest BCUT2D eigenvalue weighted by atomic mass is 32.2. The summed E-state index contributed by atoms with van der Waals surface area (Å²) >= 11 is 1.41. The van der Waals surface area contributed by atoms with Gasteiger partial charge in [0.05, 0.1) is 10.6 Å². The van der Waals surface area contributed by atoms with Gasteiger partial charge in [-0.15, -0.1) is 11.8 Å². The van der Waals surface area contributed by atoms with E-state index in [9.17, 15) is 27.5 Å². The first-order valence-corrected chi connectivity index (χ1v) is 12.2. The summed E-state index contributed by atoms with van der Waals surface area (Å²) in [6.45, 7) is 4.77. The largest absolute Gasteiger partial charge is 0.478 e. The minimum absolute atomic E-state index is 0.207. The van der Waals surface area contributed by atoms with Gasteiger partial charge in [0.1, 0.15) is 17.7 Å². The fourth-order valence-electron chi connectivity index (χ4n) is 4.50. The molecule has 1 aromatic carbocycles. The van der Waals surface area contributed by atoms with Crippen molar-refractivity contribution in [3.63, 3.8) is 0 Å². The molecular weight excluding hydrogens is 482 g/mol. The summed E-state index contributed by atoms with van der Waals surface area (Å²) in [5.41, 5.74) is 1.74. The third kappa shape index (κ3) is 5.38. The lowest BCUT2D eigenvalue weighted by Crippen LogP contribution is -2.50. The zero-order valence-corrected chi connectivity index (χ0v) is 20.1. The molecule has 1 atom stereocenters. The molecule has 2 aliphatic heterocycles. The number of carboxylic acids is 1. The number of aromatic nitrogens is 1. The van der Waals surface area contributed by atoms with Gasteiger partial charge in [-0.2, -0.15) is 13.2 Å². The molecule has 5 nitrogen and oxygen atoms in total. The molecule has 10 heteroatoms. The van der Waals surface area contributed by atoms with Gasteiger partial charge in [0.2, 0.25) is 0 Å². The van der Waals surface area contributed by atoms with E-state index in [4.69, 9.17) is 0 Å². The van der Waals surface area contributed by atoms with E-state index < -0.39 is 17.8 Å². The van der Waals surface area contributed by atoms with E-state index in [-0.39, 0.29) is 24.1 Å². The molecule has 1 unspecified atom stereocenters. The SMILES string of the molecule is CCSC1=C(C(=O)O)C(C)=CC(N2CCc3nc(C(F)(F)F)ccc3C2)N1Cc1cccc(F)c1. The summed E-state index contributed by atoms with van der Waals surface area (Å²) in [5.74, 6) is -0.780. The molecule has 0 amide bonds. The van der Waals surface area contributed by atoms with E-state index in [1.54, 1.807) is 19.1 Å². The molecule has 3 heterocycles. The first-order valence-electron chi connectivity index (χ1n) is 11.2. The van der Waals surface area contributed by atoms with E-state index in [0.717, 1.165) is 6.07 Å². The third-order valence-electron chi connectivity index (χ3n) is 6.07. The first-order chi connectivity index (χ1) is 16.6. The van der Waals surface area contributed by atoms with Crippen LogP contribution in [0.4, 0.5) is 17.6 Å². The summed E-state index contributed by atoms with van der Waals surface area (Å²) in [5, 5.41) is 10.5. The van der Waals surface area contributed by atoms with Crippen molar-refractivity contribution in [1.82, 2.24) is 14.8 Å². The molecule has 1 N–H and O–H groups in total. The van der Waals surface area contributed by atoms with Crippen molar-refractivity contribution < 1.29 is 27.5 Å². The van der Waals surface area contributed by atoms with Crippen LogP contribution in [0.3, 0.4) is 0 Å². The number of thioether (sulfide) groups is 1. The predicted molar refractivity (Wildman–Crippen MR) is 126 cm³/mol. The van der Waals surface area contributed by atoms with Crippen molar-refractivity contribution in [2.24, 2.45) is 0 Å². The van der Waals surface area contributed by atoms with Crippen LogP contribution >= 0.6 is 11.8 Å². The zero-order valence-electron chi connectivity index (χ0n) is 19.3. The van der Waals surface area contributed by atoms with Crippen LogP contribution in [0.2, 0.25) is 0 Å². The minimum Gasteiger partial charge on any atom is -0.478 e. The first kappa shape index (κ1) is 25.2. The van der Waals surface area contributed by atoms with Crippen molar-refractivity contribution in [3.8, 4) is 0 Å². The van der Waals surface area contributed by atoms with Crippen molar-refractivity contribution in [1.29, 1.82) is 0 Å². The summed E-state index contributed by atoms with van der Waals surface area (Å²) in [6, 6.07) is 8.63. The zero-order chi connectivity index (χ0) is 25.3. The molecule has 0 bridgehead atoms. The van der Waals surface area contributed by atoms with Crippen LogP contribution in [0.25, 0.3) is 0 Å². The van der Waals surface area contributed by atoms with E-state index in [1.165, 1.54) is 30.0 Å². The standard InChI is InChI=1S/C25H25F4N3O2S/c1-3-35-23-22(24(33)34)15(2)11-21(32(23)13-16-5-4-6-18(26)12-16)31-10-9-19-17(14-31)7-8-20(30-19)25(27,28)29/h4-8,11-12,21H,3,9-10,13-14H2,1-2H3,(H,33,34). The van der Waals surface area contributed by atoms with Crippen LogP contribution in [0.15, 0.2) is 58.6 Å². The number of hydrogen-bond donors (Lipinski definition) is 1. The quantitative estimate of drug-likeness (QED) is 0.526. The Bertz CT molecular complexity index is 1200. The van der Waals surface area contributed by atoms with Gasteiger partial charge >= 0.3 is 12.1 Å². The molecule has 186 valence electrons. The Morgan fingerprint density at radius 1 is 1.26 bits per heavy atom. The highest BCUT2D eigenvalue weighted by Crippen LogP contribution is 2.38. The highest BCUT2D eigenvalue weighted by Gasteiger charge is 2.37. The number of carbonyl (C=O) groups is 1. The molecule has 2 aromatic rings. The fourth-order valence-corrected chi connectivity index (χ4v) is 5.51. The van der Waals surface area contributed by atoms with Gasteiger partial charge in [-0.3, -0.25) is 4.90 Å². The number of benzene rings is 1. The van der Waals surface area contributed by atoms with Crippen molar-refractivity contribution in [3.05, 3.63) is 87.0 Å². The number of nitrogens with zero attached hydrogens (tertiary/aromatic N) is 3. The summed E-state index contributed by atoms with van der Waals surface area (Å²) in [7, 11) is 0.